The Balaban J connectivity index is 1.67. The molecule has 0 saturated carbocycles. The van der Waals surface area contributed by atoms with Gasteiger partial charge in [0.25, 0.3) is 0 Å². The quantitative estimate of drug-likeness (QED) is 0.251. The number of halogens is 1. The van der Waals surface area contributed by atoms with Crippen LogP contribution in [0.2, 0.25) is 0 Å². The first kappa shape index (κ1) is 14.8. The second kappa shape index (κ2) is 5.51. The van der Waals surface area contributed by atoms with Crippen molar-refractivity contribution in [1.29, 1.82) is 0 Å². The van der Waals surface area contributed by atoms with E-state index in [2.05, 4.69) is 59.3 Å². The van der Waals surface area contributed by atoms with Crippen LogP contribution in [0, 0.1) is 6.92 Å². The highest BCUT2D eigenvalue weighted by Gasteiger charge is 2.15. The molecule has 5 rings (SSSR count). The SMILES string of the molecule is Cc1ccc(-c2cc3sc4cc(-c5ccc(Br)s5)sc4c3s2)s1. The maximum absolute atomic E-state index is 3.56. The fourth-order valence-electron chi connectivity index (χ4n) is 2.59. The Kier molecular flexibility index (Phi) is 3.55. The van der Waals surface area contributed by atoms with Gasteiger partial charge in [0.15, 0.2) is 0 Å². The Morgan fingerprint density at radius 1 is 0.652 bits per heavy atom. The fraction of sp³-hybridized carbons (Fsp3) is 0.0588. The van der Waals surface area contributed by atoms with Crippen LogP contribution in [0.5, 0.6) is 0 Å². The number of rotatable bonds is 2. The predicted octanol–water partition coefficient (Wildman–Crippen LogP) is 8.71. The van der Waals surface area contributed by atoms with Crippen LogP contribution in [0.1, 0.15) is 4.88 Å². The van der Waals surface area contributed by atoms with Crippen LogP contribution in [-0.4, -0.2) is 0 Å². The monoisotopic (exact) mass is 452 g/mol. The van der Waals surface area contributed by atoms with Gasteiger partial charge in [-0.1, -0.05) is 0 Å². The maximum atomic E-state index is 3.56. The molecule has 0 unspecified atom stereocenters. The van der Waals surface area contributed by atoms with Crippen molar-refractivity contribution in [2.75, 3.05) is 0 Å². The molecule has 114 valence electrons. The van der Waals surface area contributed by atoms with Gasteiger partial charge in [0.1, 0.15) is 0 Å². The van der Waals surface area contributed by atoms with Gasteiger partial charge >= 0.3 is 0 Å². The minimum Gasteiger partial charge on any atom is -0.140 e. The normalized spacial score (nSPS) is 11.9. The van der Waals surface area contributed by atoms with E-state index in [1.165, 1.54) is 47.0 Å². The van der Waals surface area contributed by atoms with Crippen LogP contribution in [0.4, 0.5) is 0 Å². The van der Waals surface area contributed by atoms with Crippen LogP contribution < -0.4 is 0 Å². The minimum atomic E-state index is 1.20. The molecule has 6 heteroatoms. The lowest BCUT2D eigenvalue weighted by Crippen LogP contribution is -1.57. The molecule has 0 radical (unpaired) electrons. The van der Waals surface area contributed by atoms with E-state index in [0.717, 1.165) is 0 Å². The summed E-state index contributed by atoms with van der Waals surface area (Å²) in [5.74, 6) is 0. The van der Waals surface area contributed by atoms with Crippen LogP contribution in [0.3, 0.4) is 0 Å². The largest absolute Gasteiger partial charge is 0.140 e. The Morgan fingerprint density at radius 2 is 1.26 bits per heavy atom. The molecule has 0 spiro atoms. The van der Waals surface area contributed by atoms with Gasteiger partial charge in [0, 0.05) is 33.8 Å². The highest BCUT2D eigenvalue weighted by atomic mass is 79.9. The summed E-state index contributed by atoms with van der Waals surface area (Å²) < 4.78 is 6.95. The third-order valence-corrected chi connectivity index (χ3v) is 10.4. The smallest absolute Gasteiger partial charge is 0.0705 e. The molecule has 0 aliphatic rings. The molecule has 0 N–H and O–H groups in total. The van der Waals surface area contributed by atoms with Gasteiger partial charge < -0.3 is 0 Å². The summed E-state index contributed by atoms with van der Waals surface area (Å²) in [5, 5.41) is 0. The summed E-state index contributed by atoms with van der Waals surface area (Å²) >= 11 is 13.0. The van der Waals surface area contributed by atoms with Gasteiger partial charge in [0.2, 0.25) is 0 Å². The van der Waals surface area contributed by atoms with E-state index in [4.69, 9.17) is 0 Å². The molecule has 0 aliphatic carbocycles. The van der Waals surface area contributed by atoms with Crippen LogP contribution >= 0.6 is 72.6 Å². The number of hydrogen-bond donors (Lipinski definition) is 0. The first-order valence-electron chi connectivity index (χ1n) is 6.96. The number of thiophene rings is 5. The maximum Gasteiger partial charge on any atom is 0.0705 e. The summed E-state index contributed by atoms with van der Waals surface area (Å²) in [6.45, 7) is 2.17. The van der Waals surface area contributed by atoms with Crippen molar-refractivity contribution in [2.45, 2.75) is 6.92 Å². The average molecular weight is 453 g/mol. The zero-order valence-corrected chi connectivity index (χ0v) is 17.6. The van der Waals surface area contributed by atoms with E-state index in [1.807, 2.05) is 45.3 Å². The molecule has 5 aromatic heterocycles. The number of fused-ring (bicyclic) bond motifs is 3. The average Bonchev–Trinajstić information content (AvgIpc) is 3.24. The van der Waals surface area contributed by atoms with Gasteiger partial charge in [-0.3, -0.25) is 0 Å². The highest BCUT2D eigenvalue weighted by molar-refractivity contribution is 9.11. The van der Waals surface area contributed by atoms with E-state index in [9.17, 15) is 0 Å². The van der Waals surface area contributed by atoms with Crippen molar-refractivity contribution in [3.05, 3.63) is 45.1 Å². The number of aryl methyl sites for hydroxylation is 1. The summed E-state index contributed by atoms with van der Waals surface area (Å²) in [6, 6.07) is 13.5. The molecule has 0 saturated heterocycles. The van der Waals surface area contributed by atoms with Gasteiger partial charge in [-0.15, -0.1) is 56.7 Å². The lowest BCUT2D eigenvalue weighted by molar-refractivity contribution is 1.64. The van der Waals surface area contributed by atoms with E-state index in [1.54, 1.807) is 11.3 Å². The van der Waals surface area contributed by atoms with Crippen molar-refractivity contribution in [1.82, 2.24) is 0 Å². The Bertz CT molecular complexity index is 1060. The molecule has 0 bridgehead atoms. The van der Waals surface area contributed by atoms with Crippen LogP contribution in [-0.2, 0) is 0 Å². The Hall–Kier alpha value is -0.500. The molecule has 23 heavy (non-hydrogen) atoms. The molecule has 5 heterocycles. The van der Waals surface area contributed by atoms with Crippen LogP contribution in [0.25, 0.3) is 38.3 Å². The number of hydrogen-bond acceptors (Lipinski definition) is 5. The summed E-state index contributed by atoms with van der Waals surface area (Å²) in [7, 11) is 0. The van der Waals surface area contributed by atoms with Crippen molar-refractivity contribution in [2.24, 2.45) is 0 Å². The third kappa shape index (κ3) is 2.47. The molecule has 0 aromatic carbocycles. The molecule has 0 atom stereocenters. The van der Waals surface area contributed by atoms with Crippen molar-refractivity contribution >= 4 is 91.4 Å². The van der Waals surface area contributed by atoms with E-state index in [0.29, 0.717) is 0 Å². The van der Waals surface area contributed by atoms with E-state index >= 15 is 0 Å². The van der Waals surface area contributed by atoms with Crippen molar-refractivity contribution < 1.29 is 0 Å². The van der Waals surface area contributed by atoms with Gasteiger partial charge in [0.05, 0.1) is 13.2 Å². The lowest BCUT2D eigenvalue weighted by Gasteiger charge is -1.88. The first-order chi connectivity index (χ1) is 11.2. The topological polar surface area (TPSA) is 0 Å². The molecular formula is C17H9BrS5. The fourth-order valence-corrected chi connectivity index (χ4v) is 9.03. The molecule has 0 fully saturated rings. The van der Waals surface area contributed by atoms with Crippen LogP contribution in [0.15, 0.2) is 40.2 Å². The van der Waals surface area contributed by atoms with E-state index < -0.39 is 0 Å². The first-order valence-corrected chi connectivity index (χ1v) is 11.8. The zero-order chi connectivity index (χ0) is 15.6. The summed E-state index contributed by atoms with van der Waals surface area (Å²) in [5.41, 5.74) is 0. The summed E-state index contributed by atoms with van der Waals surface area (Å²) in [4.78, 5) is 6.90. The molecular weight excluding hydrogens is 444 g/mol. The molecule has 0 amide bonds. The molecule has 0 aliphatic heterocycles. The second-order valence-electron chi connectivity index (χ2n) is 5.22. The van der Waals surface area contributed by atoms with Crippen molar-refractivity contribution in [3.8, 4) is 19.5 Å². The van der Waals surface area contributed by atoms with Gasteiger partial charge in [-0.25, -0.2) is 0 Å². The Morgan fingerprint density at radius 3 is 1.78 bits per heavy atom. The Labute approximate surface area is 161 Å². The van der Waals surface area contributed by atoms with E-state index in [-0.39, 0.29) is 0 Å². The zero-order valence-electron chi connectivity index (χ0n) is 11.9. The predicted molar refractivity (Wildman–Crippen MR) is 114 cm³/mol. The lowest BCUT2D eigenvalue weighted by atomic mass is 10.3. The third-order valence-electron chi connectivity index (χ3n) is 3.62. The summed E-state index contributed by atoms with van der Waals surface area (Å²) in [6.07, 6.45) is 0. The highest BCUT2D eigenvalue weighted by Crippen LogP contribution is 2.49. The van der Waals surface area contributed by atoms with Gasteiger partial charge in [-0.05, 0) is 59.3 Å². The van der Waals surface area contributed by atoms with Gasteiger partial charge in [-0.2, -0.15) is 0 Å². The van der Waals surface area contributed by atoms with Crippen molar-refractivity contribution in [3.63, 3.8) is 0 Å². The molecule has 5 aromatic rings. The minimum absolute atomic E-state index is 1.20. The molecule has 0 nitrogen and oxygen atoms in total. The second-order valence-corrected chi connectivity index (χ2v) is 12.2. The standard InChI is InChI=1S/C17H9BrS5/c1-8-2-3-9(19-8)11-6-13-16(22-11)17-14(20-13)7-12(23-17)10-4-5-15(18)21-10/h2-7H,1H3.